The van der Waals surface area contributed by atoms with Gasteiger partial charge in [0.1, 0.15) is 0 Å². The fraction of sp³-hybridized carbons (Fsp3) is 0.500. The minimum Gasteiger partial charge on any atom is -0.398 e. The average molecular weight is 384 g/mol. The molecule has 1 aliphatic rings. The van der Waals surface area contributed by atoms with Crippen LogP contribution in [0, 0.1) is 5.92 Å². The van der Waals surface area contributed by atoms with Crippen molar-refractivity contribution in [1.29, 1.82) is 0 Å². The first-order valence-corrected chi connectivity index (χ1v) is 8.89. The number of nitrogens with two attached hydrogens (primary N) is 1. The number of hydrogen-bond donors (Lipinski definition) is 3. The summed E-state index contributed by atoms with van der Waals surface area (Å²) in [5, 5.41) is 9.97. The average Bonchev–Trinajstić information content (AvgIpc) is 2.77. The van der Waals surface area contributed by atoms with Crippen LogP contribution in [0.2, 0.25) is 5.02 Å². The van der Waals surface area contributed by atoms with Crippen LogP contribution in [0.3, 0.4) is 0 Å². The first-order valence-electron chi connectivity index (χ1n) is 6.23. The van der Waals surface area contributed by atoms with E-state index in [1.165, 1.54) is 12.1 Å². The zero-order valence-electron chi connectivity index (χ0n) is 10.6. The molecule has 5 nitrogen and oxygen atoms in total. The molecule has 2 rings (SSSR count). The predicted octanol–water partition coefficient (Wildman–Crippen LogP) is 2.12. The highest BCUT2D eigenvalue weighted by molar-refractivity contribution is 9.10. The topological polar surface area (TPSA) is 92.4 Å². The number of sulfonamides is 1. The van der Waals surface area contributed by atoms with Gasteiger partial charge in [-0.2, -0.15) is 0 Å². The molecule has 112 valence electrons. The van der Waals surface area contributed by atoms with E-state index in [4.69, 9.17) is 17.3 Å². The summed E-state index contributed by atoms with van der Waals surface area (Å²) in [7, 11) is -3.72. The second-order valence-corrected chi connectivity index (χ2v) is 7.88. The lowest BCUT2D eigenvalue weighted by molar-refractivity contribution is 0.134. The summed E-state index contributed by atoms with van der Waals surface area (Å²) in [6, 6.07) is 2.82. The van der Waals surface area contributed by atoms with Crippen LogP contribution in [-0.4, -0.2) is 26.2 Å². The maximum absolute atomic E-state index is 12.3. The Morgan fingerprint density at radius 2 is 2.15 bits per heavy atom. The molecule has 0 aromatic heterocycles. The molecule has 0 amide bonds. The first-order chi connectivity index (χ1) is 9.31. The monoisotopic (exact) mass is 382 g/mol. The Labute approximate surface area is 131 Å². The Balaban J connectivity index is 2.18. The van der Waals surface area contributed by atoms with Gasteiger partial charge in [-0.25, -0.2) is 13.1 Å². The number of aliphatic hydroxyl groups is 1. The summed E-state index contributed by atoms with van der Waals surface area (Å²) in [5.41, 5.74) is 5.96. The molecule has 1 aromatic rings. The second-order valence-electron chi connectivity index (χ2n) is 4.92. The smallest absolute Gasteiger partial charge is 0.241 e. The van der Waals surface area contributed by atoms with Crippen molar-refractivity contribution >= 4 is 43.2 Å². The maximum atomic E-state index is 12.3. The highest BCUT2D eigenvalue weighted by Crippen LogP contribution is 2.32. The van der Waals surface area contributed by atoms with Gasteiger partial charge in [-0.3, -0.25) is 0 Å². The lowest BCUT2D eigenvalue weighted by Crippen LogP contribution is -2.32. The normalized spacial score (nSPS) is 23.1. The highest BCUT2D eigenvalue weighted by atomic mass is 79.9. The summed E-state index contributed by atoms with van der Waals surface area (Å²) in [5.74, 6) is -0.0416. The molecule has 8 heteroatoms. The van der Waals surface area contributed by atoms with Crippen molar-refractivity contribution in [2.45, 2.75) is 30.3 Å². The molecule has 0 spiro atoms. The molecule has 20 heavy (non-hydrogen) atoms. The number of benzene rings is 1. The van der Waals surface area contributed by atoms with Gasteiger partial charge in [0.25, 0.3) is 0 Å². The zero-order valence-corrected chi connectivity index (χ0v) is 13.8. The van der Waals surface area contributed by atoms with E-state index in [2.05, 4.69) is 20.7 Å². The van der Waals surface area contributed by atoms with E-state index in [1.54, 1.807) is 0 Å². The highest BCUT2D eigenvalue weighted by Gasteiger charge is 2.28. The molecule has 0 bridgehead atoms. The molecular weight excluding hydrogens is 368 g/mol. The Morgan fingerprint density at radius 3 is 2.75 bits per heavy atom. The number of nitrogen functional groups attached to an aromatic ring is 1. The van der Waals surface area contributed by atoms with Crippen molar-refractivity contribution in [3.63, 3.8) is 0 Å². The number of anilines is 1. The number of nitrogens with one attached hydrogen (secondary N) is 1. The number of hydrogen-bond acceptors (Lipinski definition) is 4. The van der Waals surface area contributed by atoms with E-state index in [1.807, 2.05) is 0 Å². The third kappa shape index (κ3) is 3.46. The zero-order chi connectivity index (χ0) is 14.9. The third-order valence-corrected chi connectivity index (χ3v) is 6.29. The van der Waals surface area contributed by atoms with E-state index < -0.39 is 16.1 Å². The fourth-order valence-electron chi connectivity index (χ4n) is 2.33. The van der Waals surface area contributed by atoms with E-state index in [-0.39, 0.29) is 28.1 Å². The maximum Gasteiger partial charge on any atom is 0.241 e. The van der Waals surface area contributed by atoms with Gasteiger partial charge in [0.05, 0.1) is 15.5 Å². The van der Waals surface area contributed by atoms with Crippen molar-refractivity contribution < 1.29 is 13.5 Å². The van der Waals surface area contributed by atoms with E-state index in [0.29, 0.717) is 4.47 Å². The standard InChI is InChI=1S/C12H16BrClN2O3S/c13-12-9(15)4-8(14)5-11(12)20(18,19)16-6-7-2-1-3-10(7)17/h4-5,7,10,16-17H,1-3,6,15H2. The van der Waals surface area contributed by atoms with Crippen LogP contribution in [0.5, 0.6) is 0 Å². The van der Waals surface area contributed by atoms with Gasteiger partial charge in [-0.1, -0.05) is 18.0 Å². The van der Waals surface area contributed by atoms with E-state index in [0.717, 1.165) is 19.3 Å². The summed E-state index contributed by atoms with van der Waals surface area (Å²) >= 11 is 9.01. The molecule has 0 heterocycles. The Bertz CT molecular complexity index is 609. The summed E-state index contributed by atoms with van der Waals surface area (Å²) < 4.78 is 27.4. The van der Waals surface area contributed by atoms with Gasteiger partial charge in [0, 0.05) is 17.3 Å². The lowest BCUT2D eigenvalue weighted by Gasteiger charge is -2.16. The number of rotatable bonds is 4. The molecule has 1 fully saturated rings. The number of aliphatic hydroxyl groups excluding tert-OH is 1. The quantitative estimate of drug-likeness (QED) is 0.694. The molecule has 0 aliphatic heterocycles. The molecule has 1 saturated carbocycles. The molecule has 0 radical (unpaired) electrons. The van der Waals surface area contributed by atoms with Crippen LogP contribution in [0.4, 0.5) is 5.69 Å². The molecule has 1 aromatic carbocycles. The largest absolute Gasteiger partial charge is 0.398 e. The van der Waals surface area contributed by atoms with E-state index in [9.17, 15) is 13.5 Å². The minimum absolute atomic E-state index is 0.00925. The Hall–Kier alpha value is -0.340. The van der Waals surface area contributed by atoms with Gasteiger partial charge in [0.15, 0.2) is 0 Å². The van der Waals surface area contributed by atoms with Crippen molar-refractivity contribution in [2.24, 2.45) is 5.92 Å². The van der Waals surface area contributed by atoms with Crippen LogP contribution in [0.25, 0.3) is 0 Å². The van der Waals surface area contributed by atoms with Crippen LogP contribution >= 0.6 is 27.5 Å². The molecule has 2 atom stereocenters. The van der Waals surface area contributed by atoms with Gasteiger partial charge in [-0.15, -0.1) is 0 Å². The molecule has 2 unspecified atom stereocenters. The second kappa shape index (κ2) is 6.19. The molecule has 0 saturated heterocycles. The lowest BCUT2D eigenvalue weighted by atomic mass is 10.1. The van der Waals surface area contributed by atoms with Crippen LogP contribution in [-0.2, 0) is 10.0 Å². The van der Waals surface area contributed by atoms with Crippen molar-refractivity contribution in [2.75, 3.05) is 12.3 Å². The predicted molar refractivity (Wildman–Crippen MR) is 82.1 cm³/mol. The van der Waals surface area contributed by atoms with Gasteiger partial charge in [-0.05, 0) is 46.8 Å². The molecule has 1 aliphatic carbocycles. The van der Waals surface area contributed by atoms with Crippen LogP contribution in [0.1, 0.15) is 19.3 Å². The van der Waals surface area contributed by atoms with Crippen LogP contribution < -0.4 is 10.5 Å². The number of halogens is 2. The fourth-order valence-corrected chi connectivity index (χ4v) is 4.71. The van der Waals surface area contributed by atoms with E-state index >= 15 is 0 Å². The molecular formula is C12H16BrClN2O3S. The van der Waals surface area contributed by atoms with Crippen molar-refractivity contribution in [3.05, 3.63) is 21.6 Å². The van der Waals surface area contributed by atoms with Crippen molar-refractivity contribution in [1.82, 2.24) is 4.72 Å². The van der Waals surface area contributed by atoms with Crippen LogP contribution in [0.15, 0.2) is 21.5 Å². The van der Waals surface area contributed by atoms with Gasteiger partial charge >= 0.3 is 0 Å². The van der Waals surface area contributed by atoms with Crippen molar-refractivity contribution in [3.8, 4) is 0 Å². The first kappa shape index (κ1) is 16.0. The SMILES string of the molecule is Nc1cc(Cl)cc(S(=O)(=O)NCC2CCCC2O)c1Br. The summed E-state index contributed by atoms with van der Waals surface area (Å²) in [6.45, 7) is 0.211. The summed E-state index contributed by atoms with van der Waals surface area (Å²) in [4.78, 5) is 0.00925. The Kier molecular flexibility index (Phi) is 4.96. The molecule has 4 N–H and O–H groups in total. The summed E-state index contributed by atoms with van der Waals surface area (Å²) in [6.07, 6.45) is 2.02. The Morgan fingerprint density at radius 1 is 1.45 bits per heavy atom. The van der Waals surface area contributed by atoms with Gasteiger partial charge < -0.3 is 10.8 Å². The third-order valence-electron chi connectivity index (χ3n) is 3.48. The van der Waals surface area contributed by atoms with Gasteiger partial charge in [0.2, 0.25) is 10.0 Å². The minimum atomic E-state index is -3.72.